The van der Waals surface area contributed by atoms with Gasteiger partial charge in [-0.2, -0.15) is 0 Å². The number of rotatable bonds is 4. The van der Waals surface area contributed by atoms with Crippen molar-refractivity contribution in [1.29, 1.82) is 0 Å². The van der Waals surface area contributed by atoms with Crippen LogP contribution in [0.1, 0.15) is 5.56 Å². The van der Waals surface area contributed by atoms with Crippen LogP contribution in [-0.4, -0.2) is 21.5 Å². The molecule has 0 aliphatic rings. The molecule has 0 atom stereocenters. The average Bonchev–Trinajstić information content (AvgIpc) is 2.45. The zero-order valence-electron chi connectivity index (χ0n) is 7.99. The lowest BCUT2D eigenvalue weighted by Crippen LogP contribution is -2.28. The van der Waals surface area contributed by atoms with Crippen LogP contribution in [0.3, 0.4) is 0 Å². The maximum Gasteiger partial charge on any atom is 0.250 e. The van der Waals surface area contributed by atoms with E-state index in [1.54, 1.807) is 13.0 Å². The summed E-state index contributed by atoms with van der Waals surface area (Å²) in [5, 5.41) is 0. The van der Waals surface area contributed by atoms with E-state index in [1.807, 2.05) is 0 Å². The number of sulfonamides is 1. The Morgan fingerprint density at radius 2 is 2.20 bits per heavy atom. The van der Waals surface area contributed by atoms with Gasteiger partial charge < -0.3 is 5.73 Å². The maximum atomic E-state index is 11.5. The van der Waals surface area contributed by atoms with Gasteiger partial charge >= 0.3 is 0 Å². The number of thiophene rings is 1. The molecular weight excluding hydrogens is 279 g/mol. The fraction of sp³-hybridized carbons (Fsp3) is 0.429. The minimum atomic E-state index is -3.42. The summed E-state index contributed by atoms with van der Waals surface area (Å²) in [6, 6.07) is 1.55. The van der Waals surface area contributed by atoms with Gasteiger partial charge in [0.25, 0.3) is 0 Å². The highest BCUT2D eigenvalue weighted by Gasteiger charge is 2.17. The second kappa shape index (κ2) is 6.03. The first kappa shape index (κ1) is 15.2. The molecule has 0 unspecified atom stereocenters. The summed E-state index contributed by atoms with van der Waals surface area (Å²) < 4.78 is 26.2. The predicted molar refractivity (Wildman–Crippen MR) is 65.6 cm³/mol. The Kier molecular flexibility index (Phi) is 6.09. The highest BCUT2D eigenvalue weighted by molar-refractivity contribution is 7.91. The predicted octanol–water partition coefficient (Wildman–Crippen LogP) is 1.37. The largest absolute Gasteiger partial charge is 0.329 e. The molecule has 0 amide bonds. The Morgan fingerprint density at radius 3 is 2.60 bits per heavy atom. The molecule has 88 valence electrons. The average molecular weight is 291 g/mol. The summed E-state index contributed by atoms with van der Waals surface area (Å²) in [6.07, 6.45) is 0. The first-order chi connectivity index (χ1) is 6.47. The van der Waals surface area contributed by atoms with Crippen LogP contribution in [0, 0.1) is 6.92 Å². The lowest BCUT2D eigenvalue weighted by molar-refractivity contribution is 0.584. The van der Waals surface area contributed by atoms with Crippen molar-refractivity contribution >= 4 is 45.4 Å². The molecule has 0 saturated carbocycles. The summed E-state index contributed by atoms with van der Waals surface area (Å²) >= 11 is 6.82. The van der Waals surface area contributed by atoms with Crippen molar-refractivity contribution in [1.82, 2.24) is 4.72 Å². The van der Waals surface area contributed by atoms with Gasteiger partial charge in [0.1, 0.15) is 4.21 Å². The molecule has 3 N–H and O–H groups in total. The van der Waals surface area contributed by atoms with Crippen molar-refractivity contribution in [2.75, 3.05) is 13.1 Å². The van der Waals surface area contributed by atoms with Gasteiger partial charge in [-0.15, -0.1) is 23.7 Å². The number of halogens is 2. The van der Waals surface area contributed by atoms with E-state index in [0.717, 1.165) is 16.9 Å². The van der Waals surface area contributed by atoms with Gasteiger partial charge in [0.2, 0.25) is 10.0 Å². The van der Waals surface area contributed by atoms with Crippen LogP contribution >= 0.6 is 35.3 Å². The molecule has 1 aromatic rings. The molecule has 1 heterocycles. The third kappa shape index (κ3) is 3.90. The van der Waals surface area contributed by atoms with Crippen LogP contribution < -0.4 is 10.5 Å². The Hall–Kier alpha value is 0.150. The van der Waals surface area contributed by atoms with E-state index < -0.39 is 10.0 Å². The molecule has 1 aromatic heterocycles. The quantitative estimate of drug-likeness (QED) is 0.880. The minimum absolute atomic E-state index is 0. The van der Waals surface area contributed by atoms with E-state index in [-0.39, 0.29) is 29.7 Å². The highest BCUT2D eigenvalue weighted by atomic mass is 35.5. The Bertz CT molecular complexity index is 397. The molecular formula is C7H12Cl2N2O2S2. The summed E-state index contributed by atoms with van der Waals surface area (Å²) in [5.41, 5.74) is 5.97. The molecule has 0 fully saturated rings. The molecule has 8 heteroatoms. The third-order valence-corrected chi connectivity index (χ3v) is 5.03. The zero-order valence-corrected chi connectivity index (χ0v) is 11.2. The SMILES string of the molecule is Cc1cc(S(=O)(=O)NCCN)sc1Cl.Cl. The zero-order chi connectivity index (χ0) is 10.8. The molecule has 0 spiro atoms. The number of aryl methyl sites for hydroxylation is 1. The van der Waals surface area contributed by atoms with Crippen molar-refractivity contribution < 1.29 is 8.42 Å². The monoisotopic (exact) mass is 290 g/mol. The number of nitrogens with two attached hydrogens (primary N) is 1. The molecule has 0 aromatic carbocycles. The summed E-state index contributed by atoms with van der Waals surface area (Å²) in [4.78, 5) is 0. The van der Waals surface area contributed by atoms with Crippen molar-refractivity contribution in [2.24, 2.45) is 5.73 Å². The van der Waals surface area contributed by atoms with Gasteiger partial charge in [0.05, 0.1) is 4.34 Å². The normalized spacial score (nSPS) is 11.1. The first-order valence-corrected chi connectivity index (χ1v) is 6.61. The molecule has 0 radical (unpaired) electrons. The molecule has 4 nitrogen and oxygen atoms in total. The highest BCUT2D eigenvalue weighted by Crippen LogP contribution is 2.29. The topological polar surface area (TPSA) is 72.2 Å². The second-order valence-electron chi connectivity index (χ2n) is 2.71. The van der Waals surface area contributed by atoms with Crippen molar-refractivity contribution in [3.8, 4) is 0 Å². The summed E-state index contributed by atoms with van der Waals surface area (Å²) in [7, 11) is -3.42. The maximum absolute atomic E-state index is 11.5. The first-order valence-electron chi connectivity index (χ1n) is 3.93. The van der Waals surface area contributed by atoms with E-state index in [0.29, 0.717) is 4.34 Å². The van der Waals surface area contributed by atoms with E-state index >= 15 is 0 Å². The summed E-state index contributed by atoms with van der Waals surface area (Å²) in [5.74, 6) is 0. The smallest absolute Gasteiger partial charge is 0.250 e. The van der Waals surface area contributed by atoms with Gasteiger partial charge in [0.15, 0.2) is 0 Å². The van der Waals surface area contributed by atoms with Crippen LogP contribution in [0.5, 0.6) is 0 Å². The van der Waals surface area contributed by atoms with Gasteiger partial charge in [-0.05, 0) is 18.6 Å². The van der Waals surface area contributed by atoms with Gasteiger partial charge in [0, 0.05) is 13.1 Å². The molecule has 0 saturated heterocycles. The van der Waals surface area contributed by atoms with Crippen molar-refractivity contribution in [3.63, 3.8) is 0 Å². The van der Waals surface area contributed by atoms with Crippen LogP contribution in [0.15, 0.2) is 10.3 Å². The molecule has 1 rings (SSSR count). The van der Waals surface area contributed by atoms with Gasteiger partial charge in [-0.1, -0.05) is 11.6 Å². The van der Waals surface area contributed by atoms with Crippen LogP contribution in [-0.2, 0) is 10.0 Å². The van der Waals surface area contributed by atoms with Gasteiger partial charge in [-0.3, -0.25) is 0 Å². The standard InChI is InChI=1S/C7H11ClN2O2S2.ClH/c1-5-4-6(13-7(5)8)14(11,12)10-3-2-9;/h4,10H,2-3,9H2,1H3;1H. The Labute approximate surface area is 104 Å². The number of hydrogen-bond donors (Lipinski definition) is 2. The molecule has 0 bridgehead atoms. The van der Waals surface area contributed by atoms with Gasteiger partial charge in [-0.25, -0.2) is 13.1 Å². The van der Waals surface area contributed by atoms with E-state index in [2.05, 4.69) is 4.72 Å². The lowest BCUT2D eigenvalue weighted by atomic mass is 10.4. The van der Waals surface area contributed by atoms with Crippen molar-refractivity contribution in [3.05, 3.63) is 16.0 Å². The molecule has 0 aliphatic carbocycles. The molecule has 15 heavy (non-hydrogen) atoms. The van der Waals surface area contributed by atoms with E-state index in [4.69, 9.17) is 17.3 Å². The second-order valence-corrected chi connectivity index (χ2v) is 6.36. The van der Waals surface area contributed by atoms with E-state index in [9.17, 15) is 8.42 Å². The third-order valence-electron chi connectivity index (χ3n) is 1.54. The van der Waals surface area contributed by atoms with E-state index in [1.165, 1.54) is 0 Å². The lowest BCUT2D eigenvalue weighted by Gasteiger charge is -2.01. The molecule has 0 aliphatic heterocycles. The van der Waals surface area contributed by atoms with Crippen LogP contribution in [0.2, 0.25) is 4.34 Å². The van der Waals surface area contributed by atoms with Crippen molar-refractivity contribution in [2.45, 2.75) is 11.1 Å². The summed E-state index contributed by atoms with van der Waals surface area (Å²) in [6.45, 7) is 2.27. The van der Waals surface area contributed by atoms with Crippen LogP contribution in [0.4, 0.5) is 0 Å². The number of hydrogen-bond acceptors (Lipinski definition) is 4. The Morgan fingerprint density at radius 1 is 1.60 bits per heavy atom. The fourth-order valence-corrected chi connectivity index (χ4v) is 3.63. The fourth-order valence-electron chi connectivity index (χ4n) is 0.829. The number of nitrogens with one attached hydrogen (secondary N) is 1. The Balaban J connectivity index is 0.00000196. The van der Waals surface area contributed by atoms with Crippen LogP contribution in [0.25, 0.3) is 0 Å². The minimum Gasteiger partial charge on any atom is -0.329 e.